The van der Waals surface area contributed by atoms with Crippen LogP contribution in [0.3, 0.4) is 0 Å². The van der Waals surface area contributed by atoms with Crippen molar-refractivity contribution in [3.63, 3.8) is 0 Å². The van der Waals surface area contributed by atoms with Crippen molar-refractivity contribution in [2.45, 2.75) is 12.5 Å². The van der Waals surface area contributed by atoms with Crippen LogP contribution in [0.2, 0.25) is 0 Å². The van der Waals surface area contributed by atoms with E-state index in [4.69, 9.17) is 0 Å². The Morgan fingerprint density at radius 2 is 2.17 bits per heavy atom. The monoisotopic (exact) mass is 167 g/mol. The van der Waals surface area contributed by atoms with E-state index in [2.05, 4.69) is 15.7 Å². The summed E-state index contributed by atoms with van der Waals surface area (Å²) < 4.78 is 0. The molecule has 0 amide bonds. The van der Waals surface area contributed by atoms with Gasteiger partial charge in [-0.15, -0.1) is 0 Å². The number of carboxylic acid groups (broad SMARTS) is 1. The van der Waals surface area contributed by atoms with Gasteiger partial charge in [-0.1, -0.05) is 0 Å². The van der Waals surface area contributed by atoms with Crippen LogP contribution < -0.4 is 10.8 Å². The molecule has 0 aliphatic rings. The molecule has 5 nitrogen and oxygen atoms in total. The van der Waals surface area contributed by atoms with Gasteiger partial charge in [-0.05, 0) is 0 Å². The zero-order valence-electron chi connectivity index (χ0n) is 6.43. The molecule has 0 saturated heterocycles. The SMILES string of the molecule is [NH3+][C@H](CC(=O)[O-])c1cncnc1. The molecule has 1 rings (SSSR count). The minimum absolute atomic E-state index is 0.104. The minimum atomic E-state index is -1.11. The lowest BCUT2D eigenvalue weighted by molar-refractivity contribution is -0.430. The number of aliphatic carboxylic acids is 1. The second-order valence-corrected chi connectivity index (χ2v) is 2.44. The first-order chi connectivity index (χ1) is 5.70. The van der Waals surface area contributed by atoms with E-state index < -0.39 is 5.97 Å². The lowest BCUT2D eigenvalue weighted by atomic mass is 10.1. The molecule has 0 aliphatic carbocycles. The Morgan fingerprint density at radius 3 is 2.67 bits per heavy atom. The first-order valence-corrected chi connectivity index (χ1v) is 3.48. The number of hydrogen-bond donors (Lipinski definition) is 1. The third-order valence-electron chi connectivity index (χ3n) is 1.47. The number of nitrogens with zero attached hydrogens (tertiary/aromatic N) is 2. The Labute approximate surface area is 69.3 Å². The highest BCUT2D eigenvalue weighted by atomic mass is 16.4. The van der Waals surface area contributed by atoms with Gasteiger partial charge in [0.05, 0.1) is 0 Å². The van der Waals surface area contributed by atoms with Gasteiger partial charge >= 0.3 is 0 Å². The number of quaternary nitrogens is 1. The second-order valence-electron chi connectivity index (χ2n) is 2.44. The smallest absolute Gasteiger partial charge is 0.118 e. The Bertz CT molecular complexity index is 263. The number of hydrogen-bond acceptors (Lipinski definition) is 4. The third-order valence-corrected chi connectivity index (χ3v) is 1.47. The van der Waals surface area contributed by atoms with Crippen LogP contribution in [0.25, 0.3) is 0 Å². The molecule has 1 atom stereocenters. The fourth-order valence-electron chi connectivity index (χ4n) is 0.840. The van der Waals surface area contributed by atoms with Crippen molar-refractivity contribution >= 4 is 5.97 Å². The molecule has 1 aromatic heterocycles. The number of carbonyl (C=O) groups is 1. The topological polar surface area (TPSA) is 93.5 Å². The zero-order valence-corrected chi connectivity index (χ0v) is 6.43. The molecule has 0 saturated carbocycles. The molecule has 0 spiro atoms. The summed E-state index contributed by atoms with van der Waals surface area (Å²) in [7, 11) is 0. The van der Waals surface area contributed by atoms with E-state index in [0.717, 1.165) is 0 Å². The molecular formula is C7H9N3O2. The van der Waals surface area contributed by atoms with Gasteiger partial charge in [0.2, 0.25) is 0 Å². The standard InChI is InChI=1S/C7H9N3O2/c8-6(1-7(11)12)5-2-9-4-10-3-5/h2-4,6H,1,8H2,(H,11,12)/t6-/m1/s1. The highest BCUT2D eigenvalue weighted by Gasteiger charge is 2.09. The lowest BCUT2D eigenvalue weighted by Crippen LogP contribution is -2.55. The average molecular weight is 167 g/mol. The normalized spacial score (nSPS) is 12.4. The predicted octanol–water partition coefficient (Wildman–Crippen LogP) is -2.10. The number of carboxylic acids is 1. The van der Waals surface area contributed by atoms with Gasteiger partial charge in [-0.3, -0.25) is 0 Å². The minimum Gasteiger partial charge on any atom is -0.550 e. The molecule has 1 aromatic rings. The second kappa shape index (κ2) is 3.77. The maximum atomic E-state index is 10.2. The van der Waals surface area contributed by atoms with Crippen LogP contribution in [0.15, 0.2) is 18.7 Å². The van der Waals surface area contributed by atoms with Gasteiger partial charge < -0.3 is 15.6 Å². The van der Waals surface area contributed by atoms with Crippen LogP contribution in [0.4, 0.5) is 0 Å². The Hall–Kier alpha value is -1.49. The Kier molecular flexibility index (Phi) is 2.71. The van der Waals surface area contributed by atoms with Gasteiger partial charge in [0.1, 0.15) is 12.4 Å². The predicted molar refractivity (Wildman–Crippen MR) is 37.3 cm³/mol. The van der Waals surface area contributed by atoms with Crippen LogP contribution in [0.5, 0.6) is 0 Å². The van der Waals surface area contributed by atoms with Gasteiger partial charge in [0, 0.05) is 30.3 Å². The van der Waals surface area contributed by atoms with Crippen molar-refractivity contribution in [1.29, 1.82) is 0 Å². The largest absolute Gasteiger partial charge is 0.550 e. The van der Waals surface area contributed by atoms with Crippen LogP contribution in [-0.2, 0) is 4.79 Å². The van der Waals surface area contributed by atoms with Crippen LogP contribution in [-0.4, -0.2) is 15.9 Å². The molecule has 5 heteroatoms. The molecule has 0 aliphatic heterocycles. The van der Waals surface area contributed by atoms with E-state index in [0.29, 0.717) is 5.56 Å². The van der Waals surface area contributed by atoms with Crippen LogP contribution >= 0.6 is 0 Å². The number of rotatable bonds is 3. The summed E-state index contributed by atoms with van der Waals surface area (Å²) in [6, 6.07) is -0.337. The average Bonchev–Trinajstić information content (AvgIpc) is 2.05. The van der Waals surface area contributed by atoms with Crippen molar-refractivity contribution in [1.82, 2.24) is 9.97 Å². The Morgan fingerprint density at radius 1 is 1.58 bits per heavy atom. The fourth-order valence-corrected chi connectivity index (χ4v) is 0.840. The third kappa shape index (κ3) is 2.28. The Balaban J connectivity index is 2.65. The van der Waals surface area contributed by atoms with E-state index in [9.17, 15) is 9.90 Å². The first kappa shape index (κ1) is 8.61. The van der Waals surface area contributed by atoms with E-state index in [1.807, 2.05) is 0 Å². The highest BCUT2D eigenvalue weighted by molar-refractivity contribution is 5.65. The van der Waals surface area contributed by atoms with E-state index in [-0.39, 0.29) is 12.5 Å². The highest BCUT2D eigenvalue weighted by Crippen LogP contribution is 2.07. The molecule has 0 aromatic carbocycles. The van der Waals surface area contributed by atoms with Crippen LogP contribution in [0, 0.1) is 0 Å². The molecule has 0 unspecified atom stereocenters. The van der Waals surface area contributed by atoms with Gasteiger partial charge in [0.15, 0.2) is 0 Å². The summed E-state index contributed by atoms with van der Waals surface area (Å²) in [5.41, 5.74) is 4.36. The maximum Gasteiger partial charge on any atom is 0.118 e. The molecule has 0 fully saturated rings. The lowest BCUT2D eigenvalue weighted by Gasteiger charge is -2.07. The van der Waals surface area contributed by atoms with Crippen molar-refractivity contribution in [2.75, 3.05) is 0 Å². The van der Waals surface area contributed by atoms with Crippen molar-refractivity contribution in [3.05, 3.63) is 24.3 Å². The molecule has 0 bridgehead atoms. The fraction of sp³-hybridized carbons (Fsp3) is 0.286. The van der Waals surface area contributed by atoms with Crippen molar-refractivity contribution in [3.8, 4) is 0 Å². The molecule has 0 radical (unpaired) electrons. The molecule has 3 N–H and O–H groups in total. The quantitative estimate of drug-likeness (QED) is 0.558. The number of aromatic nitrogens is 2. The van der Waals surface area contributed by atoms with Gasteiger partial charge in [-0.2, -0.15) is 0 Å². The van der Waals surface area contributed by atoms with E-state index in [1.165, 1.54) is 6.33 Å². The maximum absolute atomic E-state index is 10.2. The van der Waals surface area contributed by atoms with Crippen LogP contribution in [0.1, 0.15) is 18.0 Å². The number of carbonyl (C=O) groups excluding carboxylic acids is 1. The van der Waals surface area contributed by atoms with E-state index >= 15 is 0 Å². The summed E-state index contributed by atoms with van der Waals surface area (Å²) >= 11 is 0. The molecular weight excluding hydrogens is 158 g/mol. The van der Waals surface area contributed by atoms with Gasteiger partial charge in [0.25, 0.3) is 0 Å². The summed E-state index contributed by atoms with van der Waals surface area (Å²) in [5.74, 6) is -1.11. The summed E-state index contributed by atoms with van der Waals surface area (Å²) in [4.78, 5) is 17.7. The van der Waals surface area contributed by atoms with Crippen molar-refractivity contribution < 1.29 is 15.6 Å². The molecule has 1 heterocycles. The zero-order chi connectivity index (χ0) is 8.97. The van der Waals surface area contributed by atoms with Crippen molar-refractivity contribution in [2.24, 2.45) is 0 Å². The first-order valence-electron chi connectivity index (χ1n) is 3.48. The van der Waals surface area contributed by atoms with E-state index in [1.54, 1.807) is 12.4 Å². The summed E-state index contributed by atoms with van der Waals surface area (Å²) in [6.45, 7) is 0. The summed E-state index contributed by atoms with van der Waals surface area (Å²) in [6.07, 6.45) is 4.38. The molecule has 64 valence electrons. The van der Waals surface area contributed by atoms with Gasteiger partial charge in [-0.25, -0.2) is 9.97 Å². The molecule has 12 heavy (non-hydrogen) atoms. The summed E-state index contributed by atoms with van der Waals surface area (Å²) in [5, 5.41) is 10.2.